The summed E-state index contributed by atoms with van der Waals surface area (Å²) in [5.74, 6) is -0.0609. The van der Waals surface area contributed by atoms with Gasteiger partial charge in [-0.15, -0.1) is 0 Å². The standard InChI is InChI=1S/C8H13N3O.C2H6/c1-5-8(9-7(3)12)6(2)11(4)10-5;1-2/h1-4H3,(H,9,12);1-2H3. The lowest BCUT2D eigenvalue weighted by molar-refractivity contribution is -0.114. The average molecular weight is 197 g/mol. The minimum Gasteiger partial charge on any atom is -0.323 e. The Morgan fingerprint density at radius 2 is 1.86 bits per heavy atom. The van der Waals surface area contributed by atoms with Gasteiger partial charge in [-0.2, -0.15) is 5.10 Å². The lowest BCUT2D eigenvalue weighted by Gasteiger charge is -2.00. The highest BCUT2D eigenvalue weighted by atomic mass is 16.1. The second-order valence-corrected chi connectivity index (χ2v) is 2.85. The molecule has 0 aliphatic rings. The van der Waals surface area contributed by atoms with Crippen LogP contribution in [-0.4, -0.2) is 15.7 Å². The number of carbonyl (C=O) groups is 1. The van der Waals surface area contributed by atoms with Gasteiger partial charge in [0.15, 0.2) is 0 Å². The zero-order chi connectivity index (χ0) is 11.3. The number of nitrogens with one attached hydrogen (secondary N) is 1. The maximum Gasteiger partial charge on any atom is 0.221 e. The molecule has 0 aliphatic heterocycles. The molecule has 1 amide bonds. The number of carbonyl (C=O) groups excluding carboxylic acids is 1. The fourth-order valence-corrected chi connectivity index (χ4v) is 1.13. The van der Waals surface area contributed by atoms with E-state index in [1.807, 2.05) is 34.7 Å². The van der Waals surface area contributed by atoms with Crippen molar-refractivity contribution in [3.05, 3.63) is 11.4 Å². The second-order valence-electron chi connectivity index (χ2n) is 2.85. The molecule has 80 valence electrons. The van der Waals surface area contributed by atoms with Gasteiger partial charge in [-0.05, 0) is 13.8 Å². The van der Waals surface area contributed by atoms with Crippen LogP contribution in [-0.2, 0) is 11.8 Å². The molecule has 1 aromatic heterocycles. The van der Waals surface area contributed by atoms with E-state index in [2.05, 4.69) is 10.4 Å². The molecule has 0 saturated heterocycles. The zero-order valence-electron chi connectivity index (χ0n) is 9.80. The van der Waals surface area contributed by atoms with Gasteiger partial charge < -0.3 is 5.32 Å². The van der Waals surface area contributed by atoms with Crippen LogP contribution in [0.2, 0.25) is 0 Å². The lowest BCUT2D eigenvalue weighted by Crippen LogP contribution is -2.07. The highest BCUT2D eigenvalue weighted by Crippen LogP contribution is 2.17. The van der Waals surface area contributed by atoms with E-state index in [-0.39, 0.29) is 5.91 Å². The van der Waals surface area contributed by atoms with Crippen molar-refractivity contribution in [1.82, 2.24) is 9.78 Å². The van der Waals surface area contributed by atoms with E-state index in [1.165, 1.54) is 6.92 Å². The first-order valence-electron chi connectivity index (χ1n) is 4.80. The minimum atomic E-state index is -0.0609. The Bertz CT molecular complexity index is 315. The molecule has 1 N–H and O–H groups in total. The number of amides is 1. The molecule has 1 rings (SSSR count). The summed E-state index contributed by atoms with van der Waals surface area (Å²) in [4.78, 5) is 10.8. The van der Waals surface area contributed by atoms with Crippen LogP contribution in [0.1, 0.15) is 32.2 Å². The molecule has 0 saturated carbocycles. The minimum absolute atomic E-state index is 0.0609. The molecule has 0 fully saturated rings. The van der Waals surface area contributed by atoms with Crippen molar-refractivity contribution in [3.63, 3.8) is 0 Å². The smallest absolute Gasteiger partial charge is 0.221 e. The Morgan fingerprint density at radius 1 is 1.36 bits per heavy atom. The van der Waals surface area contributed by atoms with Crippen molar-refractivity contribution in [3.8, 4) is 0 Å². The second kappa shape index (κ2) is 5.42. The number of hydrogen-bond acceptors (Lipinski definition) is 2. The molecule has 4 nitrogen and oxygen atoms in total. The first-order chi connectivity index (χ1) is 6.52. The highest BCUT2D eigenvalue weighted by Gasteiger charge is 2.09. The van der Waals surface area contributed by atoms with Gasteiger partial charge in [0.05, 0.1) is 17.1 Å². The molecule has 0 aromatic carbocycles. The summed E-state index contributed by atoms with van der Waals surface area (Å²) < 4.78 is 1.75. The monoisotopic (exact) mass is 197 g/mol. The van der Waals surface area contributed by atoms with E-state index in [0.717, 1.165) is 17.1 Å². The van der Waals surface area contributed by atoms with Crippen LogP contribution in [0.3, 0.4) is 0 Å². The number of hydrogen-bond donors (Lipinski definition) is 1. The normalized spacial score (nSPS) is 9.00. The van der Waals surface area contributed by atoms with Gasteiger partial charge in [0.2, 0.25) is 5.91 Å². The van der Waals surface area contributed by atoms with Gasteiger partial charge in [-0.3, -0.25) is 9.48 Å². The highest BCUT2D eigenvalue weighted by molar-refractivity contribution is 5.89. The summed E-state index contributed by atoms with van der Waals surface area (Å²) in [7, 11) is 1.85. The number of anilines is 1. The number of rotatable bonds is 1. The third-order valence-electron chi connectivity index (χ3n) is 1.81. The molecular formula is C10H19N3O. The van der Waals surface area contributed by atoms with Gasteiger partial charge in [0.1, 0.15) is 0 Å². The summed E-state index contributed by atoms with van der Waals surface area (Å²) in [6, 6.07) is 0. The molecule has 0 aliphatic carbocycles. The largest absolute Gasteiger partial charge is 0.323 e. The molecule has 14 heavy (non-hydrogen) atoms. The molecule has 0 radical (unpaired) electrons. The van der Waals surface area contributed by atoms with Crippen molar-refractivity contribution in [2.45, 2.75) is 34.6 Å². The third kappa shape index (κ3) is 2.87. The van der Waals surface area contributed by atoms with E-state index in [9.17, 15) is 4.79 Å². The van der Waals surface area contributed by atoms with Gasteiger partial charge in [-0.25, -0.2) is 0 Å². The zero-order valence-corrected chi connectivity index (χ0v) is 9.80. The molecule has 0 unspecified atom stereocenters. The summed E-state index contributed by atoms with van der Waals surface area (Å²) in [6.07, 6.45) is 0. The fourth-order valence-electron chi connectivity index (χ4n) is 1.13. The van der Waals surface area contributed by atoms with Crippen molar-refractivity contribution in [1.29, 1.82) is 0 Å². The summed E-state index contributed by atoms with van der Waals surface area (Å²) in [5, 5.41) is 6.91. The van der Waals surface area contributed by atoms with E-state index < -0.39 is 0 Å². The Balaban J connectivity index is 0.000000791. The van der Waals surface area contributed by atoms with E-state index in [1.54, 1.807) is 4.68 Å². The van der Waals surface area contributed by atoms with Crippen LogP contribution in [0.5, 0.6) is 0 Å². The molecule has 0 atom stereocenters. The first kappa shape index (κ1) is 12.7. The van der Waals surface area contributed by atoms with E-state index >= 15 is 0 Å². The van der Waals surface area contributed by atoms with Crippen LogP contribution in [0.15, 0.2) is 0 Å². The predicted molar refractivity (Wildman–Crippen MR) is 58.3 cm³/mol. The third-order valence-corrected chi connectivity index (χ3v) is 1.81. The quantitative estimate of drug-likeness (QED) is 0.748. The Morgan fingerprint density at radius 3 is 2.14 bits per heavy atom. The molecule has 1 aromatic rings. The number of aryl methyl sites for hydroxylation is 2. The first-order valence-corrected chi connectivity index (χ1v) is 4.80. The van der Waals surface area contributed by atoms with Crippen molar-refractivity contribution >= 4 is 11.6 Å². The van der Waals surface area contributed by atoms with E-state index in [4.69, 9.17) is 0 Å². The number of aromatic nitrogens is 2. The lowest BCUT2D eigenvalue weighted by atomic mass is 10.3. The summed E-state index contributed by atoms with van der Waals surface area (Å²) in [6.45, 7) is 9.29. The van der Waals surface area contributed by atoms with Crippen molar-refractivity contribution in [2.75, 3.05) is 5.32 Å². The van der Waals surface area contributed by atoms with Crippen LogP contribution in [0, 0.1) is 13.8 Å². The molecule has 0 spiro atoms. The maximum absolute atomic E-state index is 10.8. The number of nitrogens with zero attached hydrogens (tertiary/aromatic N) is 2. The van der Waals surface area contributed by atoms with Crippen molar-refractivity contribution < 1.29 is 4.79 Å². The Labute approximate surface area is 85.3 Å². The molecular weight excluding hydrogens is 178 g/mol. The van der Waals surface area contributed by atoms with Crippen LogP contribution in [0.4, 0.5) is 5.69 Å². The average Bonchev–Trinajstić information content (AvgIpc) is 2.35. The van der Waals surface area contributed by atoms with Gasteiger partial charge >= 0.3 is 0 Å². The molecule has 1 heterocycles. The van der Waals surface area contributed by atoms with Gasteiger partial charge in [0.25, 0.3) is 0 Å². The summed E-state index contributed by atoms with van der Waals surface area (Å²) >= 11 is 0. The summed E-state index contributed by atoms with van der Waals surface area (Å²) in [5.41, 5.74) is 2.65. The Kier molecular flexibility index (Phi) is 4.91. The van der Waals surface area contributed by atoms with Crippen LogP contribution < -0.4 is 5.32 Å². The van der Waals surface area contributed by atoms with Gasteiger partial charge in [-0.1, -0.05) is 13.8 Å². The van der Waals surface area contributed by atoms with Crippen molar-refractivity contribution in [2.24, 2.45) is 7.05 Å². The van der Waals surface area contributed by atoms with Crippen LogP contribution >= 0.6 is 0 Å². The van der Waals surface area contributed by atoms with Crippen LogP contribution in [0.25, 0.3) is 0 Å². The molecule has 4 heteroatoms. The Hall–Kier alpha value is -1.32. The molecule has 0 bridgehead atoms. The maximum atomic E-state index is 10.8. The predicted octanol–water partition coefficient (Wildman–Crippen LogP) is 2.02. The van der Waals surface area contributed by atoms with Gasteiger partial charge in [0, 0.05) is 14.0 Å². The van der Waals surface area contributed by atoms with E-state index in [0.29, 0.717) is 0 Å². The SMILES string of the molecule is CC.CC(=O)Nc1c(C)nn(C)c1C. The topological polar surface area (TPSA) is 46.9 Å². The fraction of sp³-hybridized carbons (Fsp3) is 0.600.